The molecule has 0 saturated carbocycles. The summed E-state index contributed by atoms with van der Waals surface area (Å²) in [7, 11) is 0. The van der Waals surface area contributed by atoms with Gasteiger partial charge in [-0.05, 0) is 41.7 Å². The average molecular weight is 385 g/mol. The number of imide groups is 1. The molecule has 0 aromatic heterocycles. The lowest BCUT2D eigenvalue weighted by Crippen LogP contribution is -2.61. The van der Waals surface area contributed by atoms with Crippen LogP contribution >= 0.6 is 23.4 Å². The second kappa shape index (κ2) is 6.82. The van der Waals surface area contributed by atoms with Gasteiger partial charge in [0.15, 0.2) is 0 Å². The number of carbonyl (C=O) groups is 2. The monoisotopic (exact) mass is 384 g/mol. The molecular weight excluding hydrogens is 368 g/mol. The first-order valence-electron chi connectivity index (χ1n) is 8.33. The smallest absolute Gasteiger partial charge is 0.312 e. The van der Waals surface area contributed by atoms with Crippen molar-refractivity contribution in [2.75, 3.05) is 4.90 Å². The van der Waals surface area contributed by atoms with Crippen molar-refractivity contribution in [2.45, 2.75) is 24.8 Å². The van der Waals surface area contributed by atoms with Crippen LogP contribution in [0.4, 0.5) is 10.5 Å². The lowest BCUT2D eigenvalue weighted by Gasteiger charge is -2.41. The van der Waals surface area contributed by atoms with Crippen molar-refractivity contribution in [2.24, 2.45) is 0 Å². The molecule has 3 amide bonds. The number of anilines is 1. The summed E-state index contributed by atoms with van der Waals surface area (Å²) in [5.74, 6) is -0.156. The molecule has 1 saturated heterocycles. The maximum atomic E-state index is 13.3. The summed E-state index contributed by atoms with van der Waals surface area (Å²) in [6.07, 6.45) is 1.94. The number of amides is 3. The molecule has 26 heavy (non-hydrogen) atoms. The van der Waals surface area contributed by atoms with Gasteiger partial charge in [0.05, 0.1) is 11.7 Å². The Kier molecular flexibility index (Phi) is 4.51. The Morgan fingerprint density at radius 2 is 1.81 bits per heavy atom. The number of benzene rings is 2. The number of aryl methyl sites for hydroxylation is 1. The van der Waals surface area contributed by atoms with Gasteiger partial charge in [-0.2, -0.15) is 0 Å². The zero-order valence-electron chi connectivity index (χ0n) is 14.1. The maximum Gasteiger partial charge on any atom is 0.332 e. The van der Waals surface area contributed by atoms with Crippen molar-refractivity contribution in [3.05, 3.63) is 76.2 Å². The van der Waals surface area contributed by atoms with Gasteiger partial charge >= 0.3 is 6.03 Å². The van der Waals surface area contributed by atoms with Crippen LogP contribution in [0.25, 0.3) is 0 Å². The molecule has 132 valence electrons. The summed E-state index contributed by atoms with van der Waals surface area (Å²) in [5.41, 5.74) is 2.52. The summed E-state index contributed by atoms with van der Waals surface area (Å²) in [6, 6.07) is 14.4. The van der Waals surface area contributed by atoms with Crippen LogP contribution in [0, 0.1) is 6.92 Å². The van der Waals surface area contributed by atoms with Crippen LogP contribution in [0.3, 0.4) is 0 Å². The van der Waals surface area contributed by atoms with Crippen molar-refractivity contribution < 1.29 is 9.59 Å². The molecule has 2 aliphatic rings. The number of rotatable bonds is 3. The van der Waals surface area contributed by atoms with Crippen LogP contribution in [-0.4, -0.2) is 28.1 Å². The molecule has 0 spiro atoms. The minimum atomic E-state index is -0.306. The largest absolute Gasteiger partial charge is 0.332 e. The van der Waals surface area contributed by atoms with E-state index in [1.165, 1.54) is 16.7 Å². The summed E-state index contributed by atoms with van der Waals surface area (Å²) >= 11 is 7.43. The Labute approximate surface area is 161 Å². The molecular formula is C20H17ClN2O2S. The number of para-hydroxylation sites is 1. The lowest BCUT2D eigenvalue weighted by molar-refractivity contribution is -0.119. The van der Waals surface area contributed by atoms with Crippen LogP contribution in [0.15, 0.2) is 60.0 Å². The third kappa shape index (κ3) is 2.91. The Morgan fingerprint density at radius 1 is 1.08 bits per heavy atom. The summed E-state index contributed by atoms with van der Waals surface area (Å²) in [4.78, 5) is 29.4. The highest BCUT2D eigenvalue weighted by atomic mass is 35.5. The van der Waals surface area contributed by atoms with Gasteiger partial charge in [-0.1, -0.05) is 48.0 Å². The molecule has 0 aliphatic carbocycles. The molecule has 0 radical (unpaired) electrons. The van der Waals surface area contributed by atoms with Gasteiger partial charge in [0, 0.05) is 11.6 Å². The number of thioether (sulfide) groups is 1. The van der Waals surface area contributed by atoms with Crippen LogP contribution in [0.2, 0.25) is 5.02 Å². The van der Waals surface area contributed by atoms with Gasteiger partial charge in [-0.25, -0.2) is 9.69 Å². The fourth-order valence-corrected chi connectivity index (χ4v) is 4.50. The van der Waals surface area contributed by atoms with Gasteiger partial charge in [0.2, 0.25) is 0 Å². The van der Waals surface area contributed by atoms with E-state index in [4.69, 9.17) is 11.6 Å². The van der Waals surface area contributed by atoms with Crippen molar-refractivity contribution >= 4 is 41.0 Å². The third-order valence-corrected chi connectivity index (χ3v) is 6.03. The van der Waals surface area contributed by atoms with Gasteiger partial charge in [-0.3, -0.25) is 4.79 Å². The highest BCUT2D eigenvalue weighted by molar-refractivity contribution is 8.03. The van der Waals surface area contributed by atoms with Crippen LogP contribution in [0.1, 0.15) is 11.1 Å². The molecule has 2 atom stereocenters. The van der Waals surface area contributed by atoms with E-state index in [0.717, 1.165) is 11.1 Å². The predicted octanol–water partition coefficient (Wildman–Crippen LogP) is 4.61. The van der Waals surface area contributed by atoms with Crippen molar-refractivity contribution in [3.8, 4) is 0 Å². The second-order valence-electron chi connectivity index (χ2n) is 6.37. The third-order valence-electron chi connectivity index (χ3n) is 4.69. The van der Waals surface area contributed by atoms with E-state index in [-0.39, 0.29) is 23.2 Å². The molecule has 2 heterocycles. The molecule has 4 rings (SSSR count). The van der Waals surface area contributed by atoms with Crippen molar-refractivity contribution in [1.29, 1.82) is 0 Å². The Morgan fingerprint density at radius 3 is 2.54 bits per heavy atom. The molecule has 6 heteroatoms. The summed E-state index contributed by atoms with van der Waals surface area (Å²) in [6.45, 7) is 2.34. The molecule has 2 aromatic rings. The fraction of sp³-hybridized carbons (Fsp3) is 0.200. The van der Waals surface area contributed by atoms with E-state index in [2.05, 4.69) is 0 Å². The number of halogens is 1. The van der Waals surface area contributed by atoms with Gasteiger partial charge < -0.3 is 4.90 Å². The quantitative estimate of drug-likeness (QED) is 0.775. The number of carbonyl (C=O) groups excluding carboxylic acids is 2. The predicted molar refractivity (Wildman–Crippen MR) is 105 cm³/mol. The fourth-order valence-electron chi connectivity index (χ4n) is 3.34. The first-order valence-corrected chi connectivity index (χ1v) is 9.65. The molecule has 2 aliphatic heterocycles. The van der Waals surface area contributed by atoms with E-state index < -0.39 is 0 Å². The molecule has 2 aromatic carbocycles. The minimum absolute atomic E-state index is 0.156. The Balaban J connectivity index is 1.71. The number of hydrogen-bond acceptors (Lipinski definition) is 3. The number of hydrogen-bond donors (Lipinski definition) is 0. The molecule has 0 N–H and O–H groups in total. The zero-order chi connectivity index (χ0) is 18.3. The normalized spacial score (nSPS) is 22.1. The highest BCUT2D eigenvalue weighted by Gasteiger charge is 2.48. The van der Waals surface area contributed by atoms with E-state index in [1.54, 1.807) is 4.90 Å². The van der Waals surface area contributed by atoms with E-state index in [9.17, 15) is 9.59 Å². The molecule has 0 bridgehead atoms. The second-order valence-corrected chi connectivity index (χ2v) is 7.86. The van der Waals surface area contributed by atoms with Gasteiger partial charge in [0.25, 0.3) is 5.91 Å². The first kappa shape index (κ1) is 17.2. The number of fused-ring (bicyclic) bond motifs is 1. The average Bonchev–Trinajstić information content (AvgIpc) is 3.12. The first-order chi connectivity index (χ1) is 12.6. The van der Waals surface area contributed by atoms with Crippen LogP contribution in [-0.2, 0) is 11.3 Å². The zero-order valence-corrected chi connectivity index (χ0v) is 15.7. The molecule has 4 nitrogen and oxygen atoms in total. The molecule has 1 fully saturated rings. The topological polar surface area (TPSA) is 40.6 Å². The highest BCUT2D eigenvalue weighted by Crippen LogP contribution is 2.37. The van der Waals surface area contributed by atoms with Crippen LogP contribution in [0.5, 0.6) is 0 Å². The number of nitrogens with zero attached hydrogens (tertiary/aromatic N) is 2. The number of urea groups is 1. The van der Waals surface area contributed by atoms with Crippen molar-refractivity contribution in [1.82, 2.24) is 4.90 Å². The summed E-state index contributed by atoms with van der Waals surface area (Å²) in [5, 5.41) is 2.26. The van der Waals surface area contributed by atoms with Gasteiger partial charge in [0.1, 0.15) is 5.25 Å². The standard InChI is InChI=1S/C20H17ClN2O2S/c1-13-4-2-3-5-16(13)23-19(24)18-17(10-11-26-18)22(20(23)25)12-14-6-8-15(21)9-7-14/h2-11,17-18H,12H2,1H3. The van der Waals surface area contributed by atoms with E-state index in [1.807, 2.05) is 66.9 Å². The Bertz CT molecular complexity index is 897. The lowest BCUT2D eigenvalue weighted by atomic mass is 10.0. The van der Waals surface area contributed by atoms with E-state index >= 15 is 0 Å². The minimum Gasteiger partial charge on any atom is -0.312 e. The SMILES string of the molecule is Cc1ccccc1N1C(=O)C2SC=CC2N(Cc2ccc(Cl)cc2)C1=O. The summed E-state index contributed by atoms with van der Waals surface area (Å²) < 4.78 is 0. The van der Waals surface area contributed by atoms with E-state index in [0.29, 0.717) is 17.3 Å². The Hall–Kier alpha value is -2.24. The van der Waals surface area contributed by atoms with Crippen LogP contribution < -0.4 is 4.90 Å². The maximum absolute atomic E-state index is 13.3. The van der Waals surface area contributed by atoms with Gasteiger partial charge in [-0.15, -0.1) is 11.8 Å². The van der Waals surface area contributed by atoms with Crippen molar-refractivity contribution in [3.63, 3.8) is 0 Å². The molecule has 2 unspecified atom stereocenters.